The van der Waals surface area contributed by atoms with Gasteiger partial charge >= 0.3 is 0 Å². The molecule has 2 fully saturated rings. The lowest BCUT2D eigenvalue weighted by Gasteiger charge is -2.42. The highest BCUT2D eigenvalue weighted by Gasteiger charge is 2.26. The largest absolute Gasteiger partial charge is 0.374 e. The molecule has 1 saturated heterocycles. The Morgan fingerprint density at radius 3 is 2.59 bits per heavy atom. The minimum Gasteiger partial charge on any atom is -0.374 e. The zero-order valence-electron chi connectivity index (χ0n) is 18.4. The number of carbonyl (C=O) groups excluding carboxylic acids is 1. The van der Waals surface area contributed by atoms with Crippen LogP contribution in [0, 0.1) is 0 Å². The van der Waals surface area contributed by atoms with Gasteiger partial charge in [-0.05, 0) is 44.7 Å². The first kappa shape index (κ1) is 22.6. The molecule has 1 atom stereocenters. The van der Waals surface area contributed by atoms with E-state index in [0.29, 0.717) is 11.8 Å². The summed E-state index contributed by atoms with van der Waals surface area (Å²) in [4.78, 5) is 19.7. The van der Waals surface area contributed by atoms with Crippen LogP contribution in [0.5, 0.6) is 0 Å². The van der Waals surface area contributed by atoms with Crippen molar-refractivity contribution in [3.8, 4) is 0 Å². The van der Waals surface area contributed by atoms with Crippen LogP contribution >= 0.6 is 11.8 Å². The quantitative estimate of drug-likeness (QED) is 0.412. The molecule has 162 valence electrons. The number of thioether (sulfide) groups is 1. The molecular weight excluding hydrogens is 378 g/mol. The van der Waals surface area contributed by atoms with Gasteiger partial charge in [-0.15, -0.1) is 11.8 Å². The number of hydrogen-bond acceptors (Lipinski definition) is 5. The third-order valence-electron chi connectivity index (χ3n) is 6.76. The fraction of sp³-hybridized carbons (Fsp3) is 0.708. The van der Waals surface area contributed by atoms with Gasteiger partial charge in [0.2, 0.25) is 0 Å². The summed E-state index contributed by atoms with van der Waals surface area (Å²) in [6.45, 7) is 8.46. The Hall–Kier alpha value is -1.04. The van der Waals surface area contributed by atoms with Crippen LogP contribution in [-0.4, -0.2) is 73.7 Å². The van der Waals surface area contributed by atoms with Crippen molar-refractivity contribution in [1.29, 1.82) is 0 Å². The van der Waals surface area contributed by atoms with E-state index in [0.717, 1.165) is 18.9 Å². The molecule has 1 aromatic rings. The molecule has 0 radical (unpaired) electrons. The second-order valence-electron chi connectivity index (χ2n) is 8.72. The van der Waals surface area contributed by atoms with Gasteiger partial charge in [-0.25, -0.2) is 0 Å². The molecule has 0 bridgehead atoms. The number of piperazine rings is 1. The van der Waals surface area contributed by atoms with E-state index in [1.165, 1.54) is 81.7 Å². The topological polar surface area (TPSA) is 26.8 Å². The van der Waals surface area contributed by atoms with E-state index in [1.807, 2.05) is 0 Å². The summed E-state index contributed by atoms with van der Waals surface area (Å²) in [6, 6.07) is 9.96. The summed E-state index contributed by atoms with van der Waals surface area (Å²) >= 11 is 1.63. The van der Waals surface area contributed by atoms with Crippen molar-refractivity contribution in [1.82, 2.24) is 9.80 Å². The summed E-state index contributed by atoms with van der Waals surface area (Å²) in [6.07, 6.45) is 10.6. The molecule has 1 unspecified atom stereocenters. The Labute approximate surface area is 182 Å². The van der Waals surface area contributed by atoms with Gasteiger partial charge in [-0.3, -0.25) is 9.80 Å². The molecule has 4 nitrogen and oxygen atoms in total. The predicted octanol–water partition coefficient (Wildman–Crippen LogP) is 4.53. The van der Waals surface area contributed by atoms with Gasteiger partial charge in [0.25, 0.3) is 0 Å². The van der Waals surface area contributed by atoms with Crippen molar-refractivity contribution >= 4 is 23.7 Å². The molecule has 0 aromatic heterocycles. The minimum atomic E-state index is 0.523. The van der Waals surface area contributed by atoms with Gasteiger partial charge in [0.05, 0.1) is 11.4 Å². The molecular formula is C24H39N3OS. The first-order chi connectivity index (χ1) is 14.2. The summed E-state index contributed by atoms with van der Waals surface area (Å²) in [5.74, 6) is 0.523. The summed E-state index contributed by atoms with van der Waals surface area (Å²) in [5, 5.41) is 0. The normalized spacial score (nSPS) is 20.5. The lowest BCUT2D eigenvalue weighted by atomic mass is 9.93. The minimum absolute atomic E-state index is 0.523. The first-order valence-corrected chi connectivity index (χ1v) is 12.5. The number of aldehydes is 1. The molecule has 1 saturated carbocycles. The number of carbonyl (C=O) groups is 1. The number of rotatable bonds is 10. The van der Waals surface area contributed by atoms with Gasteiger partial charge in [0.1, 0.15) is 6.29 Å². The fourth-order valence-corrected chi connectivity index (χ4v) is 5.73. The van der Waals surface area contributed by atoms with Crippen LogP contribution < -0.4 is 4.90 Å². The second kappa shape index (κ2) is 12.0. The molecule has 0 N–H and O–H groups in total. The van der Waals surface area contributed by atoms with Gasteiger partial charge < -0.3 is 9.69 Å². The van der Waals surface area contributed by atoms with E-state index in [4.69, 9.17) is 0 Å². The Morgan fingerprint density at radius 1 is 1.14 bits per heavy atom. The fourth-order valence-electron chi connectivity index (χ4n) is 4.93. The third-order valence-corrected chi connectivity index (χ3v) is 7.72. The zero-order valence-corrected chi connectivity index (χ0v) is 19.2. The van der Waals surface area contributed by atoms with Crippen LogP contribution in [0.4, 0.5) is 5.69 Å². The van der Waals surface area contributed by atoms with E-state index in [2.05, 4.69) is 52.9 Å². The van der Waals surface area contributed by atoms with E-state index in [9.17, 15) is 4.79 Å². The summed E-state index contributed by atoms with van der Waals surface area (Å²) in [7, 11) is 2.17. The van der Waals surface area contributed by atoms with Gasteiger partial charge in [-0.1, -0.05) is 31.4 Å². The molecule has 3 rings (SSSR count). The molecule has 1 heterocycles. The number of para-hydroxylation sites is 1. The smallest absolute Gasteiger partial charge is 0.130 e. The van der Waals surface area contributed by atoms with Gasteiger partial charge in [-0.2, -0.15) is 0 Å². The molecule has 5 heteroatoms. The van der Waals surface area contributed by atoms with E-state index >= 15 is 0 Å². The lowest BCUT2D eigenvalue weighted by molar-refractivity contribution is -0.105. The second-order valence-corrected chi connectivity index (χ2v) is 9.78. The predicted molar refractivity (Wildman–Crippen MR) is 125 cm³/mol. The third kappa shape index (κ3) is 6.73. The number of hydrogen-bond donors (Lipinski definition) is 0. The van der Waals surface area contributed by atoms with Crippen LogP contribution in [0.3, 0.4) is 0 Å². The van der Waals surface area contributed by atoms with E-state index in [1.54, 1.807) is 11.8 Å². The highest BCUT2D eigenvalue weighted by atomic mass is 32.2. The van der Waals surface area contributed by atoms with Gasteiger partial charge in [0, 0.05) is 56.8 Å². The maximum Gasteiger partial charge on any atom is 0.130 e. The molecule has 1 aromatic carbocycles. The van der Waals surface area contributed by atoms with Crippen molar-refractivity contribution in [2.24, 2.45) is 0 Å². The maximum atomic E-state index is 10.7. The van der Waals surface area contributed by atoms with Crippen LogP contribution in [0.25, 0.3) is 0 Å². The van der Waals surface area contributed by atoms with Crippen molar-refractivity contribution in [3.05, 3.63) is 24.3 Å². The zero-order chi connectivity index (χ0) is 20.5. The first-order valence-electron chi connectivity index (χ1n) is 11.5. The lowest BCUT2D eigenvalue weighted by Crippen LogP contribution is -2.53. The van der Waals surface area contributed by atoms with Crippen LogP contribution in [-0.2, 0) is 4.79 Å². The Morgan fingerprint density at radius 2 is 1.86 bits per heavy atom. The summed E-state index contributed by atoms with van der Waals surface area (Å²) in [5.41, 5.74) is 1.24. The summed E-state index contributed by atoms with van der Waals surface area (Å²) < 4.78 is 0. The highest BCUT2D eigenvalue weighted by Crippen LogP contribution is 2.29. The number of benzene rings is 1. The van der Waals surface area contributed by atoms with Crippen LogP contribution in [0.15, 0.2) is 29.2 Å². The van der Waals surface area contributed by atoms with Crippen molar-refractivity contribution in [2.75, 3.05) is 50.4 Å². The van der Waals surface area contributed by atoms with Gasteiger partial charge in [0.15, 0.2) is 0 Å². The molecule has 1 aliphatic heterocycles. The van der Waals surface area contributed by atoms with Crippen LogP contribution in [0.2, 0.25) is 0 Å². The Balaban J connectivity index is 1.39. The Kier molecular flexibility index (Phi) is 9.35. The molecule has 2 aliphatic rings. The number of nitrogens with zero attached hydrogens (tertiary/aromatic N) is 3. The Bertz CT molecular complexity index is 612. The monoisotopic (exact) mass is 417 g/mol. The van der Waals surface area contributed by atoms with E-state index < -0.39 is 0 Å². The molecule has 0 amide bonds. The van der Waals surface area contributed by atoms with E-state index in [-0.39, 0.29) is 0 Å². The van der Waals surface area contributed by atoms with Crippen molar-refractivity contribution in [3.63, 3.8) is 0 Å². The molecule has 0 spiro atoms. The molecule has 29 heavy (non-hydrogen) atoms. The number of anilines is 1. The highest BCUT2D eigenvalue weighted by molar-refractivity contribution is 8.00. The van der Waals surface area contributed by atoms with Crippen LogP contribution in [0.1, 0.15) is 51.9 Å². The SMILES string of the molecule is CC(CCCN(C)c1ccccc1SCC=O)N1CCN(C2CCCCC2)CC1. The van der Waals surface area contributed by atoms with Crippen molar-refractivity contribution < 1.29 is 4.79 Å². The average Bonchev–Trinajstić information content (AvgIpc) is 2.78. The van der Waals surface area contributed by atoms with Crippen molar-refractivity contribution in [2.45, 2.75) is 68.8 Å². The average molecular weight is 418 g/mol. The molecule has 1 aliphatic carbocycles. The maximum absolute atomic E-state index is 10.7. The standard InChI is InChI=1S/C24H39N3OS/c1-21(26-15-17-27(18-16-26)22-10-4-3-5-11-22)9-8-14-25(2)23-12-6-7-13-24(23)29-20-19-28/h6-7,12-13,19,21-22H,3-5,8-11,14-18,20H2,1-2H3.